The van der Waals surface area contributed by atoms with Crippen LogP contribution < -0.4 is 0 Å². The molecule has 0 fully saturated rings. The summed E-state index contributed by atoms with van der Waals surface area (Å²) in [7, 11) is 0. The molecule has 352 valence electrons. The maximum atomic E-state index is 11.8. The zero-order valence-corrected chi connectivity index (χ0v) is 37.8. The predicted molar refractivity (Wildman–Crippen MR) is 235 cm³/mol. The molecular formula is C47H86O13. The van der Waals surface area contributed by atoms with Crippen LogP contribution in [0.3, 0.4) is 0 Å². The molecule has 0 unspecified atom stereocenters. The first-order chi connectivity index (χ1) is 29.8. The van der Waals surface area contributed by atoms with Gasteiger partial charge in [0.05, 0.1) is 144 Å². The fraction of sp³-hybridized carbons (Fsp3) is 0.851. The van der Waals surface area contributed by atoms with Crippen molar-refractivity contribution >= 4 is 5.97 Å². The van der Waals surface area contributed by atoms with E-state index in [0.717, 1.165) is 13.0 Å². The molecule has 0 aromatic heterocycles. The van der Waals surface area contributed by atoms with Crippen LogP contribution in [0.4, 0.5) is 0 Å². The zero-order valence-electron chi connectivity index (χ0n) is 37.8. The second-order valence-corrected chi connectivity index (χ2v) is 14.5. The Labute approximate surface area is 364 Å². The van der Waals surface area contributed by atoms with Crippen molar-refractivity contribution < 1.29 is 61.6 Å². The van der Waals surface area contributed by atoms with Crippen molar-refractivity contribution in [3.63, 3.8) is 0 Å². The molecule has 1 rings (SSSR count). The minimum atomic E-state index is -0.354. The second-order valence-electron chi connectivity index (χ2n) is 14.5. The minimum Gasteiger partial charge on any atom is -0.460 e. The Morgan fingerprint density at radius 2 is 0.533 bits per heavy atom. The molecule has 0 spiro atoms. The highest BCUT2D eigenvalue weighted by Gasteiger charge is 2.05. The Bertz CT molecular complexity index is 958. The van der Waals surface area contributed by atoms with Gasteiger partial charge in [0.15, 0.2) is 0 Å². The average Bonchev–Trinajstić information content (AvgIpc) is 3.27. The van der Waals surface area contributed by atoms with Crippen molar-refractivity contribution in [3.8, 4) is 0 Å². The lowest BCUT2D eigenvalue weighted by atomic mass is 10.0. The van der Waals surface area contributed by atoms with Crippen molar-refractivity contribution in [1.82, 2.24) is 0 Å². The van der Waals surface area contributed by atoms with E-state index in [-0.39, 0.29) is 12.6 Å². The molecule has 0 aliphatic carbocycles. The summed E-state index contributed by atoms with van der Waals surface area (Å²) in [6.07, 6.45) is 22.1. The lowest BCUT2D eigenvalue weighted by molar-refractivity contribution is -0.0280. The standard InChI is InChI=1S/C47H86O13/c1-2-3-4-5-6-7-8-9-10-11-12-13-14-15-16-20-23-49-24-25-50-26-27-51-28-29-52-30-31-53-32-33-54-34-35-55-36-37-56-38-39-57-40-41-58-42-43-59-44-45-60-47(48)46-21-18-17-19-22-46/h17-19,21-22H,2-16,20,23-45H2,1H3. The normalized spacial score (nSPS) is 11.5. The molecule has 0 heterocycles. The molecule has 0 radical (unpaired) electrons. The summed E-state index contributed by atoms with van der Waals surface area (Å²) < 4.78 is 65.9. The SMILES string of the molecule is CCCCCCCCCCCCCCCCCCOCCOCCOCCOCCOCCOCCOCCOCCOCCOCCOCCOC(=O)c1ccccc1. The van der Waals surface area contributed by atoms with E-state index in [1.165, 1.54) is 96.3 Å². The van der Waals surface area contributed by atoms with Crippen LogP contribution in [0.15, 0.2) is 30.3 Å². The molecule has 0 aliphatic rings. The molecule has 0 aliphatic heterocycles. The molecular weight excluding hydrogens is 773 g/mol. The number of carbonyl (C=O) groups excluding carboxylic acids is 1. The molecule has 1 aromatic rings. The Kier molecular flexibility index (Phi) is 46.8. The summed E-state index contributed by atoms with van der Waals surface area (Å²) in [5.41, 5.74) is 0.527. The van der Waals surface area contributed by atoms with Crippen molar-refractivity contribution in [2.75, 3.05) is 152 Å². The first-order valence-corrected chi connectivity index (χ1v) is 23.4. The van der Waals surface area contributed by atoms with Crippen LogP contribution in [-0.4, -0.2) is 158 Å². The second kappa shape index (κ2) is 49.9. The predicted octanol–water partition coefficient (Wildman–Crippen LogP) is 8.29. The lowest BCUT2D eigenvalue weighted by Gasteiger charge is -2.09. The number of esters is 1. The van der Waals surface area contributed by atoms with E-state index < -0.39 is 0 Å². The van der Waals surface area contributed by atoms with Crippen molar-refractivity contribution in [1.29, 1.82) is 0 Å². The van der Waals surface area contributed by atoms with Gasteiger partial charge in [-0.1, -0.05) is 121 Å². The maximum Gasteiger partial charge on any atom is 0.338 e. The third kappa shape index (κ3) is 44.3. The van der Waals surface area contributed by atoms with E-state index >= 15 is 0 Å². The fourth-order valence-corrected chi connectivity index (χ4v) is 5.90. The van der Waals surface area contributed by atoms with Crippen molar-refractivity contribution in [3.05, 3.63) is 35.9 Å². The highest BCUT2D eigenvalue weighted by atomic mass is 16.6. The summed E-state index contributed by atoms with van der Waals surface area (Å²) in [6, 6.07) is 8.87. The number of hydrogen-bond donors (Lipinski definition) is 0. The summed E-state index contributed by atoms with van der Waals surface area (Å²) in [6.45, 7) is 13.9. The van der Waals surface area contributed by atoms with Crippen LogP contribution >= 0.6 is 0 Å². The Hall–Kier alpha value is -1.75. The third-order valence-corrected chi connectivity index (χ3v) is 9.33. The van der Waals surface area contributed by atoms with Crippen LogP contribution in [0.2, 0.25) is 0 Å². The van der Waals surface area contributed by atoms with Crippen LogP contribution in [0, 0.1) is 0 Å². The molecule has 13 heteroatoms. The largest absolute Gasteiger partial charge is 0.460 e. The van der Waals surface area contributed by atoms with Crippen LogP contribution in [0.5, 0.6) is 0 Å². The molecule has 60 heavy (non-hydrogen) atoms. The van der Waals surface area contributed by atoms with Crippen LogP contribution in [-0.2, 0) is 56.8 Å². The molecule has 0 N–H and O–H groups in total. The first-order valence-electron chi connectivity index (χ1n) is 23.4. The number of ether oxygens (including phenoxy) is 12. The number of rotatable bonds is 51. The molecule has 0 amide bonds. The van der Waals surface area contributed by atoms with Gasteiger partial charge in [0.25, 0.3) is 0 Å². The molecule has 0 saturated carbocycles. The van der Waals surface area contributed by atoms with E-state index in [0.29, 0.717) is 144 Å². The number of benzene rings is 1. The Balaban J connectivity index is 1.60. The highest BCUT2D eigenvalue weighted by molar-refractivity contribution is 5.89. The van der Waals surface area contributed by atoms with Gasteiger partial charge in [0.1, 0.15) is 6.61 Å². The summed E-state index contributed by atoms with van der Waals surface area (Å²) in [5, 5.41) is 0. The van der Waals surface area contributed by atoms with E-state index in [9.17, 15) is 4.79 Å². The molecule has 0 bridgehead atoms. The molecule has 0 atom stereocenters. The lowest BCUT2D eigenvalue weighted by Crippen LogP contribution is -2.15. The number of unbranched alkanes of at least 4 members (excludes halogenated alkanes) is 15. The Morgan fingerprint density at radius 1 is 0.300 bits per heavy atom. The van der Waals surface area contributed by atoms with Crippen LogP contribution in [0.1, 0.15) is 120 Å². The van der Waals surface area contributed by atoms with Gasteiger partial charge >= 0.3 is 5.97 Å². The fourth-order valence-electron chi connectivity index (χ4n) is 5.90. The quantitative estimate of drug-likeness (QED) is 0.0461. The molecule has 1 aromatic carbocycles. The van der Waals surface area contributed by atoms with Crippen molar-refractivity contribution in [2.45, 2.75) is 110 Å². The van der Waals surface area contributed by atoms with E-state index in [1.54, 1.807) is 24.3 Å². The summed E-state index contributed by atoms with van der Waals surface area (Å²) in [4.78, 5) is 11.8. The van der Waals surface area contributed by atoms with E-state index in [4.69, 9.17) is 56.8 Å². The van der Waals surface area contributed by atoms with Gasteiger partial charge < -0.3 is 56.8 Å². The smallest absolute Gasteiger partial charge is 0.338 e. The third-order valence-electron chi connectivity index (χ3n) is 9.33. The van der Waals surface area contributed by atoms with Gasteiger partial charge in [0.2, 0.25) is 0 Å². The maximum absolute atomic E-state index is 11.8. The molecule has 0 saturated heterocycles. The van der Waals surface area contributed by atoms with Gasteiger partial charge in [-0.05, 0) is 18.6 Å². The van der Waals surface area contributed by atoms with Gasteiger partial charge in [-0.25, -0.2) is 4.79 Å². The van der Waals surface area contributed by atoms with Gasteiger partial charge in [-0.3, -0.25) is 0 Å². The van der Waals surface area contributed by atoms with Crippen LogP contribution in [0.25, 0.3) is 0 Å². The topological polar surface area (TPSA) is 128 Å². The van der Waals surface area contributed by atoms with Gasteiger partial charge in [-0.15, -0.1) is 0 Å². The summed E-state index contributed by atoms with van der Waals surface area (Å²) >= 11 is 0. The van der Waals surface area contributed by atoms with Gasteiger partial charge in [0, 0.05) is 6.61 Å². The van der Waals surface area contributed by atoms with E-state index in [2.05, 4.69) is 6.92 Å². The summed E-state index contributed by atoms with van der Waals surface area (Å²) in [5.74, 6) is -0.354. The molecule has 13 nitrogen and oxygen atoms in total. The Morgan fingerprint density at radius 3 is 0.817 bits per heavy atom. The highest BCUT2D eigenvalue weighted by Crippen LogP contribution is 2.13. The monoisotopic (exact) mass is 859 g/mol. The first kappa shape index (κ1) is 56.3. The zero-order chi connectivity index (χ0) is 42.8. The van der Waals surface area contributed by atoms with E-state index in [1.807, 2.05) is 6.07 Å². The number of carbonyl (C=O) groups is 1. The van der Waals surface area contributed by atoms with Gasteiger partial charge in [-0.2, -0.15) is 0 Å². The average molecular weight is 859 g/mol. The van der Waals surface area contributed by atoms with Crippen molar-refractivity contribution in [2.24, 2.45) is 0 Å². The number of hydrogen-bond acceptors (Lipinski definition) is 13. The minimum absolute atomic E-state index is 0.203.